The molecule has 96 valence electrons. The van der Waals surface area contributed by atoms with Crippen molar-refractivity contribution in [3.8, 4) is 11.5 Å². The zero-order valence-corrected chi connectivity index (χ0v) is 9.99. The smallest absolute Gasteiger partial charge is 0.251 e. The number of alkyl halides is 2. The van der Waals surface area contributed by atoms with Gasteiger partial charge in [0.05, 0.1) is 13.2 Å². The van der Waals surface area contributed by atoms with Crippen LogP contribution in [-0.2, 0) is 6.54 Å². The molecule has 0 aliphatic heterocycles. The molecule has 0 aromatic heterocycles. The van der Waals surface area contributed by atoms with E-state index in [1.165, 1.54) is 11.0 Å². The molecule has 0 saturated heterocycles. The average molecular weight is 245 g/mol. The van der Waals surface area contributed by atoms with Crippen molar-refractivity contribution in [2.75, 3.05) is 20.2 Å². The Labute approximate surface area is 99.6 Å². The van der Waals surface area contributed by atoms with Crippen LogP contribution in [0.15, 0.2) is 18.2 Å². The van der Waals surface area contributed by atoms with E-state index in [9.17, 15) is 13.9 Å². The van der Waals surface area contributed by atoms with Gasteiger partial charge < -0.3 is 9.84 Å². The van der Waals surface area contributed by atoms with Crippen LogP contribution in [0.1, 0.15) is 12.5 Å². The molecule has 3 nitrogen and oxygen atoms in total. The highest BCUT2D eigenvalue weighted by Gasteiger charge is 2.09. The number of hydrogen-bond donors (Lipinski definition) is 1. The number of phenolic OH excluding ortho intramolecular Hbond substituents is 1. The Kier molecular flexibility index (Phi) is 5.15. The molecule has 5 heteroatoms. The molecule has 0 unspecified atom stereocenters. The Hall–Kier alpha value is -1.36. The minimum absolute atomic E-state index is 0.0621. The zero-order valence-electron chi connectivity index (χ0n) is 9.99. The van der Waals surface area contributed by atoms with E-state index in [-0.39, 0.29) is 12.3 Å². The number of aromatic hydroxyl groups is 1. The Bertz CT molecular complexity index is 358. The van der Waals surface area contributed by atoms with Crippen molar-refractivity contribution >= 4 is 0 Å². The average Bonchev–Trinajstić information content (AvgIpc) is 2.22. The molecule has 0 bridgehead atoms. The van der Waals surface area contributed by atoms with Gasteiger partial charge in [-0.1, -0.05) is 6.07 Å². The largest absolute Gasteiger partial charge is 0.504 e. The van der Waals surface area contributed by atoms with Gasteiger partial charge in [-0.25, -0.2) is 8.78 Å². The van der Waals surface area contributed by atoms with Crippen molar-refractivity contribution < 1.29 is 18.6 Å². The van der Waals surface area contributed by atoms with Gasteiger partial charge in [0, 0.05) is 6.54 Å². The molecule has 1 aromatic carbocycles. The van der Waals surface area contributed by atoms with Crippen LogP contribution in [-0.4, -0.2) is 36.6 Å². The van der Waals surface area contributed by atoms with Gasteiger partial charge in [0.1, 0.15) is 0 Å². The van der Waals surface area contributed by atoms with Crippen molar-refractivity contribution in [3.63, 3.8) is 0 Å². The summed E-state index contributed by atoms with van der Waals surface area (Å²) in [6.45, 7) is 2.38. The highest BCUT2D eigenvalue weighted by atomic mass is 19.3. The fraction of sp³-hybridized carbons (Fsp3) is 0.500. The minimum Gasteiger partial charge on any atom is -0.504 e. The van der Waals surface area contributed by atoms with Crippen LogP contribution in [0.3, 0.4) is 0 Å². The first-order valence-electron chi connectivity index (χ1n) is 5.44. The second-order valence-electron chi connectivity index (χ2n) is 3.82. The van der Waals surface area contributed by atoms with Crippen LogP contribution in [0.4, 0.5) is 8.78 Å². The molecule has 0 fully saturated rings. The second-order valence-corrected chi connectivity index (χ2v) is 3.82. The third kappa shape index (κ3) is 4.56. The Morgan fingerprint density at radius 2 is 2.12 bits per heavy atom. The van der Waals surface area contributed by atoms with Crippen molar-refractivity contribution in [2.45, 2.75) is 19.9 Å². The molecule has 0 aliphatic rings. The molecular formula is C12H17F2NO2. The maximum absolute atomic E-state index is 12.1. The van der Waals surface area contributed by atoms with Gasteiger partial charge in [-0.15, -0.1) is 0 Å². The quantitative estimate of drug-likeness (QED) is 0.835. The molecule has 0 radical (unpaired) electrons. The van der Waals surface area contributed by atoms with E-state index in [1.807, 2.05) is 6.92 Å². The summed E-state index contributed by atoms with van der Waals surface area (Å²) in [5.41, 5.74) is 0.828. The third-order valence-corrected chi connectivity index (χ3v) is 2.23. The predicted molar refractivity (Wildman–Crippen MR) is 61.6 cm³/mol. The molecule has 0 heterocycles. The third-order valence-electron chi connectivity index (χ3n) is 2.23. The van der Waals surface area contributed by atoms with Crippen LogP contribution in [0.25, 0.3) is 0 Å². The SMILES string of the molecule is CCOc1cc(CN(C)CC(F)F)ccc1O. The molecular weight excluding hydrogens is 228 g/mol. The van der Waals surface area contributed by atoms with E-state index in [0.717, 1.165) is 5.56 Å². The lowest BCUT2D eigenvalue weighted by atomic mass is 10.2. The maximum atomic E-state index is 12.1. The molecule has 0 spiro atoms. The summed E-state index contributed by atoms with van der Waals surface area (Å²) >= 11 is 0. The second kappa shape index (κ2) is 6.39. The molecule has 17 heavy (non-hydrogen) atoms. The summed E-state index contributed by atoms with van der Waals surface area (Å²) < 4.78 is 29.5. The van der Waals surface area contributed by atoms with Crippen LogP contribution < -0.4 is 4.74 Å². The van der Waals surface area contributed by atoms with E-state index in [2.05, 4.69) is 0 Å². The van der Waals surface area contributed by atoms with E-state index < -0.39 is 6.43 Å². The normalized spacial score (nSPS) is 11.2. The topological polar surface area (TPSA) is 32.7 Å². The van der Waals surface area contributed by atoms with E-state index in [4.69, 9.17) is 4.74 Å². The van der Waals surface area contributed by atoms with Gasteiger partial charge in [0.2, 0.25) is 0 Å². The first-order valence-corrected chi connectivity index (χ1v) is 5.44. The standard InChI is InChI=1S/C12H17F2NO2/c1-3-17-11-6-9(4-5-10(11)16)7-15(2)8-12(13)14/h4-6,12,16H,3,7-8H2,1-2H3. The first kappa shape index (κ1) is 13.7. The van der Waals surface area contributed by atoms with Gasteiger partial charge in [0.25, 0.3) is 6.43 Å². The van der Waals surface area contributed by atoms with Crippen LogP contribution in [0.5, 0.6) is 11.5 Å². The summed E-state index contributed by atoms with van der Waals surface area (Å²) in [7, 11) is 1.62. The van der Waals surface area contributed by atoms with Crippen LogP contribution >= 0.6 is 0 Å². The zero-order chi connectivity index (χ0) is 12.8. The Morgan fingerprint density at radius 1 is 1.41 bits per heavy atom. The van der Waals surface area contributed by atoms with Gasteiger partial charge >= 0.3 is 0 Å². The summed E-state index contributed by atoms with van der Waals surface area (Å²) in [5, 5.41) is 9.49. The van der Waals surface area contributed by atoms with Crippen molar-refractivity contribution in [2.24, 2.45) is 0 Å². The van der Waals surface area contributed by atoms with Crippen molar-refractivity contribution in [1.29, 1.82) is 0 Å². The number of benzene rings is 1. The molecule has 0 atom stereocenters. The van der Waals surface area contributed by atoms with E-state index in [0.29, 0.717) is 18.9 Å². The van der Waals surface area contributed by atoms with Crippen molar-refractivity contribution in [1.82, 2.24) is 4.90 Å². The Morgan fingerprint density at radius 3 is 2.71 bits per heavy atom. The number of rotatable bonds is 6. The molecule has 1 N–H and O–H groups in total. The summed E-state index contributed by atoms with van der Waals surface area (Å²) in [5.74, 6) is 0.447. The Balaban J connectivity index is 2.68. The van der Waals surface area contributed by atoms with E-state index in [1.54, 1.807) is 19.2 Å². The number of halogens is 2. The lowest BCUT2D eigenvalue weighted by Gasteiger charge is -2.16. The fourth-order valence-corrected chi connectivity index (χ4v) is 1.54. The van der Waals surface area contributed by atoms with Gasteiger partial charge in [-0.3, -0.25) is 4.90 Å². The number of hydrogen-bond acceptors (Lipinski definition) is 3. The highest BCUT2D eigenvalue weighted by molar-refractivity contribution is 5.41. The number of nitrogens with zero attached hydrogens (tertiary/aromatic N) is 1. The molecule has 0 saturated carbocycles. The van der Waals surface area contributed by atoms with Crippen molar-refractivity contribution in [3.05, 3.63) is 23.8 Å². The number of ether oxygens (including phenoxy) is 1. The van der Waals surface area contributed by atoms with Gasteiger partial charge in [-0.2, -0.15) is 0 Å². The predicted octanol–water partition coefficient (Wildman–Crippen LogP) is 2.49. The molecule has 0 aliphatic carbocycles. The van der Waals surface area contributed by atoms with Crippen LogP contribution in [0, 0.1) is 0 Å². The molecule has 0 amide bonds. The van der Waals surface area contributed by atoms with Gasteiger partial charge in [0.15, 0.2) is 11.5 Å². The number of phenols is 1. The molecule has 1 aromatic rings. The lowest BCUT2D eigenvalue weighted by Crippen LogP contribution is -2.24. The maximum Gasteiger partial charge on any atom is 0.251 e. The van der Waals surface area contributed by atoms with E-state index >= 15 is 0 Å². The minimum atomic E-state index is -2.34. The highest BCUT2D eigenvalue weighted by Crippen LogP contribution is 2.27. The monoisotopic (exact) mass is 245 g/mol. The van der Waals surface area contributed by atoms with Gasteiger partial charge in [-0.05, 0) is 31.7 Å². The summed E-state index contributed by atoms with van der Waals surface area (Å²) in [4.78, 5) is 1.52. The summed E-state index contributed by atoms with van der Waals surface area (Å²) in [6, 6.07) is 4.87. The summed E-state index contributed by atoms with van der Waals surface area (Å²) in [6.07, 6.45) is -2.34. The molecule has 1 rings (SSSR count). The van der Waals surface area contributed by atoms with Crippen LogP contribution in [0.2, 0.25) is 0 Å². The first-order chi connectivity index (χ1) is 8.02. The fourth-order valence-electron chi connectivity index (χ4n) is 1.54. The lowest BCUT2D eigenvalue weighted by molar-refractivity contribution is 0.0975.